The zero-order valence-electron chi connectivity index (χ0n) is 19.2. The lowest BCUT2D eigenvalue weighted by Gasteiger charge is -2.32. The van der Waals surface area contributed by atoms with Crippen LogP contribution in [0, 0.1) is 11.7 Å². The summed E-state index contributed by atoms with van der Waals surface area (Å²) in [6, 6.07) is 4.51. The van der Waals surface area contributed by atoms with Gasteiger partial charge in [0.25, 0.3) is 12.3 Å². The molecule has 5 atom stereocenters. The van der Waals surface area contributed by atoms with Crippen molar-refractivity contribution in [3.63, 3.8) is 0 Å². The number of aliphatic hydroxyl groups is 1. The van der Waals surface area contributed by atoms with Crippen LogP contribution in [0.1, 0.15) is 56.0 Å². The van der Waals surface area contributed by atoms with Gasteiger partial charge in [0, 0.05) is 17.4 Å². The van der Waals surface area contributed by atoms with Crippen LogP contribution in [-0.4, -0.2) is 41.0 Å². The molecule has 1 saturated heterocycles. The summed E-state index contributed by atoms with van der Waals surface area (Å²) >= 11 is 0. The van der Waals surface area contributed by atoms with Crippen molar-refractivity contribution in [2.24, 2.45) is 5.92 Å². The molecule has 0 radical (unpaired) electrons. The second kappa shape index (κ2) is 9.65. The molecule has 0 unspecified atom stereocenters. The molecule has 1 aromatic heterocycles. The quantitative estimate of drug-likeness (QED) is 0.520. The molecule has 0 saturated carbocycles. The van der Waals surface area contributed by atoms with Gasteiger partial charge in [0.15, 0.2) is 5.60 Å². The number of halogens is 6. The van der Waals surface area contributed by atoms with Gasteiger partial charge in [0.1, 0.15) is 17.7 Å². The zero-order valence-corrected chi connectivity index (χ0v) is 19.2. The Bertz CT molecular complexity index is 1080. The van der Waals surface area contributed by atoms with Gasteiger partial charge >= 0.3 is 6.18 Å². The summed E-state index contributed by atoms with van der Waals surface area (Å²) in [6.45, 7) is 3.41. The van der Waals surface area contributed by atoms with E-state index in [1.165, 1.54) is 32.2 Å². The molecule has 2 N–H and O–H groups in total. The molecule has 0 aliphatic carbocycles. The first kappa shape index (κ1) is 26.7. The standard InChI is InChI=1S/C23H24F6N2O4/c1-10-16(13-6-7-14(24)17(20(25)26)18(13)34-4)19(35-22(10,3)23(27,28)29)21(33)31-12-5-8-15(11(2)32)30-9-12/h5-11,16,19-20,32H,1-4H3,(H,31,33)/t10-,11-,16-,19+,22+/m0/s1. The average Bonchev–Trinajstić information content (AvgIpc) is 3.05. The lowest BCUT2D eigenvalue weighted by Crippen LogP contribution is -2.47. The molecular formula is C23H24F6N2O4. The van der Waals surface area contributed by atoms with Crippen LogP contribution in [0.2, 0.25) is 0 Å². The van der Waals surface area contributed by atoms with E-state index in [4.69, 9.17) is 9.47 Å². The van der Waals surface area contributed by atoms with Gasteiger partial charge in [-0.2, -0.15) is 13.2 Å². The topological polar surface area (TPSA) is 80.7 Å². The van der Waals surface area contributed by atoms with Crippen molar-refractivity contribution in [3.8, 4) is 5.75 Å². The van der Waals surface area contributed by atoms with E-state index in [-0.39, 0.29) is 11.3 Å². The molecular weight excluding hydrogens is 482 g/mol. The number of rotatable bonds is 6. The molecule has 35 heavy (non-hydrogen) atoms. The summed E-state index contributed by atoms with van der Waals surface area (Å²) in [7, 11) is 0.984. The van der Waals surface area contributed by atoms with Gasteiger partial charge < -0.3 is 19.9 Å². The van der Waals surface area contributed by atoms with Crippen LogP contribution in [0.4, 0.5) is 32.0 Å². The van der Waals surface area contributed by atoms with Crippen LogP contribution in [0.25, 0.3) is 0 Å². The Hall–Kier alpha value is -2.86. The number of benzene rings is 1. The Morgan fingerprint density at radius 1 is 1.26 bits per heavy atom. The van der Waals surface area contributed by atoms with E-state index in [9.17, 15) is 36.2 Å². The molecule has 6 nitrogen and oxygen atoms in total. The van der Waals surface area contributed by atoms with Crippen molar-refractivity contribution in [2.45, 2.75) is 57.1 Å². The number of alkyl halides is 5. The average molecular weight is 506 g/mol. The minimum absolute atomic E-state index is 0.106. The molecule has 1 aliphatic heterocycles. The van der Waals surface area contributed by atoms with Gasteiger partial charge in [-0.25, -0.2) is 13.2 Å². The number of methoxy groups -OCH3 is 1. The Kier molecular flexibility index (Phi) is 7.37. The predicted molar refractivity (Wildman–Crippen MR) is 113 cm³/mol. The van der Waals surface area contributed by atoms with Gasteiger partial charge in [-0.15, -0.1) is 0 Å². The van der Waals surface area contributed by atoms with Crippen molar-refractivity contribution in [2.75, 3.05) is 12.4 Å². The fraction of sp³-hybridized carbons (Fsp3) is 0.478. The highest BCUT2D eigenvalue weighted by Gasteiger charge is 2.66. The molecule has 192 valence electrons. The van der Waals surface area contributed by atoms with Crippen LogP contribution in [0.5, 0.6) is 5.75 Å². The van der Waals surface area contributed by atoms with Crippen molar-refractivity contribution in [3.05, 3.63) is 53.1 Å². The first-order chi connectivity index (χ1) is 16.2. The van der Waals surface area contributed by atoms with Crippen LogP contribution in [0.3, 0.4) is 0 Å². The molecule has 3 rings (SSSR count). The summed E-state index contributed by atoms with van der Waals surface area (Å²) < 4.78 is 93.6. The monoisotopic (exact) mass is 506 g/mol. The zero-order chi connectivity index (χ0) is 26.3. The normalized spacial score (nSPS) is 25.5. The van der Waals surface area contributed by atoms with Crippen LogP contribution in [-0.2, 0) is 9.53 Å². The fourth-order valence-corrected chi connectivity index (χ4v) is 4.25. The summed E-state index contributed by atoms with van der Waals surface area (Å²) in [5, 5.41) is 12.0. The number of pyridine rings is 1. The largest absolute Gasteiger partial charge is 0.496 e. The SMILES string of the molecule is COc1c([C@H]2[C@H](C(=O)Nc3ccc([C@H](C)O)nc3)O[C@@](C)(C(F)(F)F)[C@H]2C)ccc(F)c1C(F)F. The number of nitrogens with zero attached hydrogens (tertiary/aromatic N) is 1. The molecule has 1 aliphatic rings. The number of anilines is 1. The molecule has 1 fully saturated rings. The van der Waals surface area contributed by atoms with E-state index in [0.717, 1.165) is 20.1 Å². The van der Waals surface area contributed by atoms with Crippen LogP contribution >= 0.6 is 0 Å². The van der Waals surface area contributed by atoms with E-state index >= 15 is 0 Å². The van der Waals surface area contributed by atoms with Crippen molar-refractivity contribution in [1.29, 1.82) is 0 Å². The number of aromatic nitrogens is 1. The van der Waals surface area contributed by atoms with Gasteiger partial charge in [0.2, 0.25) is 0 Å². The molecule has 2 heterocycles. The second-order valence-electron chi connectivity index (χ2n) is 8.48. The minimum atomic E-state index is -4.92. The molecule has 1 amide bonds. The molecule has 12 heteroatoms. The van der Waals surface area contributed by atoms with E-state index in [0.29, 0.717) is 11.8 Å². The van der Waals surface area contributed by atoms with Crippen molar-refractivity contribution < 1.29 is 45.7 Å². The summed E-state index contributed by atoms with van der Waals surface area (Å²) in [4.78, 5) is 17.1. The number of carbonyl (C=O) groups excluding carboxylic acids is 1. The van der Waals surface area contributed by atoms with Crippen molar-refractivity contribution >= 4 is 11.6 Å². The number of amides is 1. The maximum atomic E-state index is 14.2. The second-order valence-corrected chi connectivity index (χ2v) is 8.48. The fourth-order valence-electron chi connectivity index (χ4n) is 4.25. The first-order valence-electron chi connectivity index (χ1n) is 10.6. The van der Waals surface area contributed by atoms with Gasteiger partial charge in [-0.3, -0.25) is 9.78 Å². The third kappa shape index (κ3) is 4.81. The van der Waals surface area contributed by atoms with Gasteiger partial charge in [-0.05, 0) is 32.0 Å². The number of hydrogen-bond donors (Lipinski definition) is 2. The van der Waals surface area contributed by atoms with E-state index < -0.39 is 65.3 Å². The predicted octanol–water partition coefficient (Wildman–Crippen LogP) is 5.30. The summed E-state index contributed by atoms with van der Waals surface area (Å²) in [5.74, 6) is -5.80. The summed E-state index contributed by atoms with van der Waals surface area (Å²) in [5.41, 5.74) is -3.75. The molecule has 0 spiro atoms. The number of hydrogen-bond acceptors (Lipinski definition) is 5. The lowest BCUT2D eigenvalue weighted by molar-refractivity contribution is -0.272. The minimum Gasteiger partial charge on any atom is -0.496 e. The molecule has 0 bridgehead atoms. The smallest absolute Gasteiger partial charge is 0.417 e. The Labute approximate surface area is 197 Å². The maximum Gasteiger partial charge on any atom is 0.417 e. The number of aliphatic hydroxyl groups excluding tert-OH is 1. The number of carbonyl (C=O) groups is 1. The van der Waals surface area contributed by atoms with E-state index in [2.05, 4.69) is 10.3 Å². The Morgan fingerprint density at radius 2 is 1.91 bits per heavy atom. The molecule has 2 aromatic rings. The molecule has 1 aromatic carbocycles. The van der Waals surface area contributed by atoms with Crippen LogP contribution in [0.15, 0.2) is 30.5 Å². The van der Waals surface area contributed by atoms with Gasteiger partial charge in [0.05, 0.1) is 36.4 Å². The number of ether oxygens (including phenoxy) is 2. The third-order valence-electron chi connectivity index (χ3n) is 6.36. The van der Waals surface area contributed by atoms with Crippen LogP contribution < -0.4 is 10.1 Å². The van der Waals surface area contributed by atoms with E-state index in [1.54, 1.807) is 0 Å². The van der Waals surface area contributed by atoms with Gasteiger partial charge in [-0.1, -0.05) is 13.0 Å². The maximum absolute atomic E-state index is 14.2. The van der Waals surface area contributed by atoms with Crippen molar-refractivity contribution in [1.82, 2.24) is 4.98 Å². The lowest BCUT2D eigenvalue weighted by atomic mass is 9.76. The third-order valence-corrected chi connectivity index (χ3v) is 6.36. The Morgan fingerprint density at radius 3 is 2.40 bits per heavy atom. The highest BCUT2D eigenvalue weighted by atomic mass is 19.4. The van der Waals surface area contributed by atoms with E-state index in [1.807, 2.05) is 0 Å². The Balaban J connectivity index is 2.08. The first-order valence-corrected chi connectivity index (χ1v) is 10.6. The highest BCUT2D eigenvalue weighted by molar-refractivity contribution is 5.95. The highest BCUT2D eigenvalue weighted by Crippen LogP contribution is 2.55. The summed E-state index contributed by atoms with van der Waals surface area (Å²) in [6.07, 6.45) is -9.71. The number of nitrogens with one attached hydrogen (secondary N) is 1.